The maximum atomic E-state index is 11.2. The normalized spacial score (nSPS) is 12.2. The number of rotatable bonds is 7. The number of aliphatic imine (C=N–C) groups is 1. The summed E-state index contributed by atoms with van der Waals surface area (Å²) in [6, 6.07) is 10.3. The molecule has 0 unspecified atom stereocenters. The van der Waals surface area contributed by atoms with Crippen LogP contribution in [-0.2, 0) is 22.9 Å². The molecule has 0 atom stereocenters. The van der Waals surface area contributed by atoms with Gasteiger partial charge in [-0.25, -0.2) is 13.6 Å². The Balaban J connectivity index is 1.73. The van der Waals surface area contributed by atoms with E-state index >= 15 is 0 Å². The first-order valence-electron chi connectivity index (χ1n) is 7.57. The molecule has 0 aliphatic heterocycles. The maximum Gasteiger partial charge on any atom is 0.238 e. The van der Waals surface area contributed by atoms with Gasteiger partial charge in [0.25, 0.3) is 0 Å². The first kappa shape index (κ1) is 18.0. The number of benzene rings is 1. The van der Waals surface area contributed by atoms with Crippen molar-refractivity contribution in [3.05, 3.63) is 54.0 Å². The zero-order valence-corrected chi connectivity index (χ0v) is 14.3. The van der Waals surface area contributed by atoms with Crippen molar-refractivity contribution in [3.63, 3.8) is 0 Å². The number of nitrogens with two attached hydrogens (primary N) is 1. The Kier molecular flexibility index (Phi) is 6.39. The number of furan rings is 1. The van der Waals surface area contributed by atoms with E-state index in [2.05, 4.69) is 15.6 Å². The van der Waals surface area contributed by atoms with Crippen LogP contribution in [0.15, 0.2) is 57.0 Å². The fraction of sp³-hybridized carbons (Fsp3) is 0.312. The Labute approximate surface area is 142 Å². The predicted octanol–water partition coefficient (Wildman–Crippen LogP) is 0.877. The van der Waals surface area contributed by atoms with Crippen LogP contribution in [-0.4, -0.2) is 34.5 Å². The van der Waals surface area contributed by atoms with Gasteiger partial charge in [0, 0.05) is 26.6 Å². The summed E-state index contributed by atoms with van der Waals surface area (Å²) in [7, 11) is -1.93. The van der Waals surface area contributed by atoms with Crippen molar-refractivity contribution in [3.8, 4) is 0 Å². The molecule has 0 radical (unpaired) electrons. The van der Waals surface area contributed by atoms with E-state index in [-0.39, 0.29) is 4.90 Å². The minimum atomic E-state index is -3.64. The molecule has 0 saturated carbocycles. The number of primary sulfonamides is 1. The SMILES string of the molecule is CN=C(NCCc1ccc(S(N)(=O)=O)cc1)NCCc1ccco1. The highest BCUT2D eigenvalue weighted by Gasteiger charge is 2.06. The van der Waals surface area contributed by atoms with Gasteiger partial charge in [0.05, 0.1) is 11.2 Å². The fourth-order valence-electron chi connectivity index (χ4n) is 2.15. The summed E-state index contributed by atoms with van der Waals surface area (Å²) in [6.45, 7) is 1.39. The summed E-state index contributed by atoms with van der Waals surface area (Å²) in [4.78, 5) is 4.27. The standard InChI is InChI=1S/C16H22N4O3S/c1-18-16(20-11-9-14-3-2-12-23-14)19-10-8-13-4-6-15(7-5-13)24(17,21)22/h2-7,12H,8-11H2,1H3,(H2,17,21,22)(H2,18,19,20). The van der Waals surface area contributed by atoms with Gasteiger partial charge in [0.2, 0.25) is 10.0 Å². The Morgan fingerprint density at radius 2 is 1.79 bits per heavy atom. The summed E-state index contributed by atoms with van der Waals surface area (Å²) in [6.07, 6.45) is 3.18. The van der Waals surface area contributed by atoms with E-state index in [9.17, 15) is 8.42 Å². The Hall–Kier alpha value is -2.32. The third-order valence-electron chi connectivity index (χ3n) is 3.43. The van der Waals surface area contributed by atoms with Gasteiger partial charge < -0.3 is 15.1 Å². The van der Waals surface area contributed by atoms with Crippen LogP contribution in [0, 0.1) is 0 Å². The monoisotopic (exact) mass is 350 g/mol. The highest BCUT2D eigenvalue weighted by molar-refractivity contribution is 7.89. The van der Waals surface area contributed by atoms with Crippen molar-refractivity contribution < 1.29 is 12.8 Å². The largest absolute Gasteiger partial charge is 0.469 e. The van der Waals surface area contributed by atoms with Crippen molar-refractivity contribution in [2.24, 2.45) is 10.1 Å². The van der Waals surface area contributed by atoms with Crippen LogP contribution < -0.4 is 15.8 Å². The molecule has 1 aromatic carbocycles. The van der Waals surface area contributed by atoms with Crippen molar-refractivity contribution >= 4 is 16.0 Å². The molecular weight excluding hydrogens is 328 g/mol. The predicted molar refractivity (Wildman–Crippen MR) is 93.3 cm³/mol. The summed E-state index contributed by atoms with van der Waals surface area (Å²) in [5.41, 5.74) is 1.01. The molecular formula is C16H22N4O3S. The Bertz CT molecular complexity index is 753. The molecule has 4 N–H and O–H groups in total. The molecule has 1 aromatic heterocycles. The molecule has 0 bridgehead atoms. The highest BCUT2D eigenvalue weighted by Crippen LogP contribution is 2.08. The van der Waals surface area contributed by atoms with Gasteiger partial charge in [0.15, 0.2) is 5.96 Å². The average molecular weight is 350 g/mol. The van der Waals surface area contributed by atoms with Crippen molar-refractivity contribution in [2.75, 3.05) is 20.1 Å². The summed E-state index contributed by atoms with van der Waals surface area (Å²) in [5.74, 6) is 1.63. The van der Waals surface area contributed by atoms with Crippen molar-refractivity contribution in [1.82, 2.24) is 10.6 Å². The summed E-state index contributed by atoms with van der Waals surface area (Å²) in [5, 5.41) is 11.5. The van der Waals surface area contributed by atoms with Gasteiger partial charge in [-0.05, 0) is 36.2 Å². The molecule has 2 aromatic rings. The van der Waals surface area contributed by atoms with Gasteiger partial charge >= 0.3 is 0 Å². The molecule has 0 saturated heterocycles. The van der Waals surface area contributed by atoms with E-state index in [1.54, 1.807) is 25.4 Å². The fourth-order valence-corrected chi connectivity index (χ4v) is 2.67. The minimum absolute atomic E-state index is 0.120. The minimum Gasteiger partial charge on any atom is -0.469 e. The van der Waals surface area contributed by atoms with Gasteiger partial charge in [-0.15, -0.1) is 0 Å². The second-order valence-corrected chi connectivity index (χ2v) is 6.76. The van der Waals surface area contributed by atoms with Crippen LogP contribution in [0.3, 0.4) is 0 Å². The lowest BCUT2D eigenvalue weighted by Gasteiger charge is -2.11. The van der Waals surface area contributed by atoms with Crippen molar-refractivity contribution in [1.29, 1.82) is 0 Å². The van der Waals surface area contributed by atoms with Crippen LogP contribution in [0.4, 0.5) is 0 Å². The lowest BCUT2D eigenvalue weighted by Crippen LogP contribution is -2.39. The molecule has 8 heteroatoms. The van der Waals surface area contributed by atoms with Gasteiger partial charge in [-0.2, -0.15) is 0 Å². The average Bonchev–Trinajstić information content (AvgIpc) is 3.06. The molecule has 1 heterocycles. The smallest absolute Gasteiger partial charge is 0.238 e. The number of sulfonamides is 1. The van der Waals surface area contributed by atoms with Gasteiger partial charge in [0.1, 0.15) is 5.76 Å². The van der Waals surface area contributed by atoms with Gasteiger partial charge in [-0.1, -0.05) is 12.1 Å². The zero-order valence-electron chi connectivity index (χ0n) is 13.5. The Morgan fingerprint density at radius 3 is 2.33 bits per heavy atom. The van der Waals surface area contributed by atoms with E-state index in [0.29, 0.717) is 12.5 Å². The van der Waals surface area contributed by atoms with Crippen LogP contribution in [0.5, 0.6) is 0 Å². The van der Waals surface area contributed by atoms with E-state index in [4.69, 9.17) is 9.56 Å². The van der Waals surface area contributed by atoms with Crippen molar-refractivity contribution in [2.45, 2.75) is 17.7 Å². The van der Waals surface area contributed by atoms with Crippen LogP contribution in [0.25, 0.3) is 0 Å². The number of hydrogen-bond donors (Lipinski definition) is 3. The molecule has 0 aliphatic carbocycles. The topological polar surface area (TPSA) is 110 Å². The lowest BCUT2D eigenvalue weighted by atomic mass is 10.1. The molecule has 0 spiro atoms. The first-order valence-corrected chi connectivity index (χ1v) is 9.12. The highest BCUT2D eigenvalue weighted by atomic mass is 32.2. The molecule has 0 fully saturated rings. The van der Waals surface area contributed by atoms with Gasteiger partial charge in [-0.3, -0.25) is 4.99 Å². The second-order valence-electron chi connectivity index (χ2n) is 5.19. The molecule has 0 amide bonds. The third-order valence-corrected chi connectivity index (χ3v) is 4.35. The third kappa shape index (κ3) is 5.71. The molecule has 7 nitrogen and oxygen atoms in total. The summed E-state index contributed by atoms with van der Waals surface area (Å²) >= 11 is 0. The first-order chi connectivity index (χ1) is 11.5. The quantitative estimate of drug-likeness (QED) is 0.507. The number of nitrogens with one attached hydrogen (secondary N) is 2. The zero-order chi connectivity index (χ0) is 17.4. The molecule has 0 aliphatic rings. The number of guanidine groups is 1. The molecule has 130 valence electrons. The molecule has 2 rings (SSSR count). The maximum absolute atomic E-state index is 11.2. The van der Waals surface area contributed by atoms with Crippen LogP contribution >= 0.6 is 0 Å². The van der Waals surface area contributed by atoms with E-state index in [1.165, 1.54) is 12.1 Å². The Morgan fingerprint density at radius 1 is 1.12 bits per heavy atom. The lowest BCUT2D eigenvalue weighted by molar-refractivity contribution is 0.507. The number of nitrogens with zero attached hydrogens (tertiary/aromatic N) is 1. The van der Waals surface area contributed by atoms with Crippen LogP contribution in [0.1, 0.15) is 11.3 Å². The number of hydrogen-bond acceptors (Lipinski definition) is 4. The van der Waals surface area contributed by atoms with E-state index < -0.39 is 10.0 Å². The summed E-state index contributed by atoms with van der Waals surface area (Å²) < 4.78 is 27.7. The molecule has 24 heavy (non-hydrogen) atoms. The van der Waals surface area contributed by atoms with E-state index in [1.807, 2.05) is 12.1 Å². The second kappa shape index (κ2) is 8.51. The van der Waals surface area contributed by atoms with E-state index in [0.717, 1.165) is 30.7 Å². The van der Waals surface area contributed by atoms with Crippen LogP contribution in [0.2, 0.25) is 0 Å².